The lowest BCUT2D eigenvalue weighted by molar-refractivity contribution is 0.0602. The van der Waals surface area contributed by atoms with E-state index in [1.165, 1.54) is 47.1 Å². The highest BCUT2D eigenvalue weighted by atomic mass is 32.2. The molecule has 1 N–H and O–H groups in total. The van der Waals surface area contributed by atoms with Crippen molar-refractivity contribution in [3.8, 4) is 5.75 Å². The zero-order chi connectivity index (χ0) is 20.6. The van der Waals surface area contributed by atoms with Gasteiger partial charge in [-0.25, -0.2) is 25.6 Å². The van der Waals surface area contributed by atoms with Crippen LogP contribution in [-0.2, 0) is 24.8 Å². The molecule has 0 aliphatic carbocycles. The predicted molar refractivity (Wildman–Crippen MR) is 103 cm³/mol. The number of hydrogen-bond acceptors (Lipinski definition) is 7. The molecule has 0 aliphatic rings. The van der Waals surface area contributed by atoms with Crippen LogP contribution in [0.15, 0.2) is 12.1 Å². The van der Waals surface area contributed by atoms with E-state index in [9.17, 15) is 21.6 Å². The summed E-state index contributed by atoms with van der Waals surface area (Å²) < 4.78 is 62.5. The minimum Gasteiger partial charge on any atom is -0.494 e. The van der Waals surface area contributed by atoms with Gasteiger partial charge in [0.15, 0.2) is 0 Å². The highest BCUT2D eigenvalue weighted by Crippen LogP contribution is 2.36. The van der Waals surface area contributed by atoms with E-state index in [1.54, 1.807) is 0 Å². The van der Waals surface area contributed by atoms with Crippen molar-refractivity contribution in [1.82, 2.24) is 3.97 Å². The van der Waals surface area contributed by atoms with Crippen molar-refractivity contribution >= 4 is 42.6 Å². The molecule has 1 heterocycles. The van der Waals surface area contributed by atoms with E-state index in [4.69, 9.17) is 9.47 Å². The fraction of sp³-hybridized carbons (Fsp3) is 0.438. The number of anilines is 1. The second-order valence-electron chi connectivity index (χ2n) is 5.69. The van der Waals surface area contributed by atoms with E-state index in [2.05, 4.69) is 4.72 Å². The summed E-state index contributed by atoms with van der Waals surface area (Å²) in [6.45, 7) is 4.45. The first-order valence-corrected chi connectivity index (χ1v) is 11.3. The Balaban J connectivity index is 2.97. The van der Waals surface area contributed by atoms with E-state index in [-0.39, 0.29) is 45.1 Å². The summed E-state index contributed by atoms with van der Waals surface area (Å²) in [5, 5.41) is 0.242. The largest absolute Gasteiger partial charge is 0.494 e. The number of methoxy groups -OCH3 is 2. The number of carbonyl (C=O) groups excluding carboxylic acids is 1. The molecule has 0 saturated carbocycles. The van der Waals surface area contributed by atoms with Crippen molar-refractivity contribution < 1.29 is 31.1 Å². The number of aromatic nitrogens is 1. The molecule has 0 spiro atoms. The molecule has 27 heavy (non-hydrogen) atoms. The number of nitrogens with one attached hydrogen (secondary N) is 1. The summed E-state index contributed by atoms with van der Waals surface area (Å²) in [7, 11) is -4.84. The fourth-order valence-corrected chi connectivity index (χ4v) is 4.61. The lowest BCUT2D eigenvalue weighted by Gasteiger charge is -2.13. The minimum absolute atomic E-state index is 0.0455. The normalized spacial score (nSPS) is 12.2. The average Bonchev–Trinajstić information content (AvgIpc) is 2.91. The first-order chi connectivity index (χ1) is 12.5. The van der Waals surface area contributed by atoms with Crippen molar-refractivity contribution in [1.29, 1.82) is 0 Å². The Bertz CT molecular complexity index is 1100. The molecule has 0 unspecified atom stereocenters. The maximum absolute atomic E-state index is 12.6. The first kappa shape index (κ1) is 21.0. The lowest BCUT2D eigenvalue weighted by atomic mass is 10.1. The smallest absolute Gasteiger partial charge is 0.340 e. The Morgan fingerprint density at radius 3 is 2.22 bits per heavy atom. The summed E-state index contributed by atoms with van der Waals surface area (Å²) >= 11 is 0. The summed E-state index contributed by atoms with van der Waals surface area (Å²) in [5.74, 6) is -0.953. The van der Waals surface area contributed by atoms with Gasteiger partial charge in [0, 0.05) is 17.1 Å². The third-order valence-corrected chi connectivity index (χ3v) is 7.20. The van der Waals surface area contributed by atoms with Gasteiger partial charge in [-0.1, -0.05) is 0 Å². The van der Waals surface area contributed by atoms with Gasteiger partial charge in [-0.15, -0.1) is 0 Å². The van der Waals surface area contributed by atoms with Crippen LogP contribution in [0.5, 0.6) is 5.75 Å². The maximum Gasteiger partial charge on any atom is 0.340 e. The number of fused-ring (bicyclic) bond motifs is 1. The van der Waals surface area contributed by atoms with Crippen LogP contribution in [-0.4, -0.2) is 52.5 Å². The van der Waals surface area contributed by atoms with Crippen molar-refractivity contribution in [2.24, 2.45) is 0 Å². The minimum atomic E-state index is -3.74. The number of ether oxygens (including phenoxy) is 2. The van der Waals surface area contributed by atoms with Crippen LogP contribution in [0.4, 0.5) is 5.69 Å². The third kappa shape index (κ3) is 3.74. The third-order valence-electron chi connectivity index (χ3n) is 4.15. The summed E-state index contributed by atoms with van der Waals surface area (Å²) in [6.07, 6.45) is 0. The van der Waals surface area contributed by atoms with Gasteiger partial charge in [-0.05, 0) is 26.8 Å². The van der Waals surface area contributed by atoms with Crippen LogP contribution in [0, 0.1) is 6.92 Å². The molecule has 2 aromatic rings. The molecule has 0 fully saturated rings. The van der Waals surface area contributed by atoms with Crippen LogP contribution in [0.1, 0.15) is 29.9 Å². The molecule has 9 nitrogen and oxygen atoms in total. The van der Waals surface area contributed by atoms with E-state index < -0.39 is 26.0 Å². The van der Waals surface area contributed by atoms with Gasteiger partial charge in [0.05, 0.1) is 42.5 Å². The summed E-state index contributed by atoms with van der Waals surface area (Å²) in [5.41, 5.74) is 0.523. The topological polar surface area (TPSA) is 121 Å². The van der Waals surface area contributed by atoms with Gasteiger partial charge in [0.2, 0.25) is 20.0 Å². The Kier molecular flexibility index (Phi) is 5.76. The first-order valence-electron chi connectivity index (χ1n) is 8.08. The second kappa shape index (κ2) is 7.39. The van der Waals surface area contributed by atoms with Crippen LogP contribution in [0.25, 0.3) is 10.9 Å². The fourth-order valence-electron chi connectivity index (χ4n) is 2.75. The van der Waals surface area contributed by atoms with Crippen molar-refractivity contribution in [2.75, 3.05) is 30.4 Å². The van der Waals surface area contributed by atoms with Gasteiger partial charge < -0.3 is 9.47 Å². The van der Waals surface area contributed by atoms with Gasteiger partial charge in [0.1, 0.15) is 5.75 Å². The molecule has 0 saturated heterocycles. The molecule has 1 aromatic heterocycles. The zero-order valence-corrected chi connectivity index (χ0v) is 17.3. The van der Waals surface area contributed by atoms with Gasteiger partial charge in [-0.2, -0.15) is 0 Å². The quantitative estimate of drug-likeness (QED) is 0.679. The van der Waals surface area contributed by atoms with Crippen LogP contribution in [0.2, 0.25) is 0 Å². The molecule has 0 aliphatic heterocycles. The maximum atomic E-state index is 12.6. The molecule has 1 aromatic carbocycles. The number of carbonyl (C=O) groups is 1. The molecule has 0 radical (unpaired) electrons. The van der Waals surface area contributed by atoms with E-state index in [0.717, 1.165) is 3.97 Å². The number of benzene rings is 1. The van der Waals surface area contributed by atoms with Crippen LogP contribution < -0.4 is 9.46 Å². The number of nitrogens with zero attached hydrogens (tertiary/aromatic N) is 1. The Hall–Kier alpha value is -2.27. The number of rotatable bonds is 7. The highest BCUT2D eigenvalue weighted by Gasteiger charge is 2.28. The Morgan fingerprint density at radius 2 is 1.74 bits per heavy atom. The van der Waals surface area contributed by atoms with Crippen LogP contribution in [0.3, 0.4) is 0 Å². The molecule has 2 rings (SSSR count). The molecule has 150 valence electrons. The average molecular weight is 418 g/mol. The highest BCUT2D eigenvalue weighted by molar-refractivity contribution is 7.92. The van der Waals surface area contributed by atoms with Gasteiger partial charge in [-0.3, -0.25) is 4.72 Å². The monoisotopic (exact) mass is 418 g/mol. The number of esters is 1. The van der Waals surface area contributed by atoms with Crippen molar-refractivity contribution in [3.05, 3.63) is 23.4 Å². The number of hydrogen-bond donors (Lipinski definition) is 1. The molecular weight excluding hydrogens is 396 g/mol. The molecular formula is C16H22N2O7S2. The Morgan fingerprint density at radius 1 is 1.11 bits per heavy atom. The molecule has 11 heteroatoms. The lowest BCUT2D eigenvalue weighted by Crippen LogP contribution is -2.17. The van der Waals surface area contributed by atoms with Gasteiger partial charge >= 0.3 is 5.97 Å². The van der Waals surface area contributed by atoms with Gasteiger partial charge in [0.25, 0.3) is 0 Å². The molecule has 0 bridgehead atoms. The van der Waals surface area contributed by atoms with E-state index in [1.807, 2.05) is 0 Å². The van der Waals surface area contributed by atoms with Crippen molar-refractivity contribution in [2.45, 2.75) is 20.8 Å². The van der Waals surface area contributed by atoms with Crippen molar-refractivity contribution in [3.63, 3.8) is 0 Å². The zero-order valence-electron chi connectivity index (χ0n) is 15.7. The molecule has 0 atom stereocenters. The van der Waals surface area contributed by atoms with E-state index in [0.29, 0.717) is 0 Å². The Labute approximate surface area is 158 Å². The summed E-state index contributed by atoms with van der Waals surface area (Å²) in [6, 6.07) is 2.76. The molecule has 0 amide bonds. The van der Waals surface area contributed by atoms with E-state index >= 15 is 0 Å². The summed E-state index contributed by atoms with van der Waals surface area (Å²) in [4.78, 5) is 12.3. The number of sulfonamides is 1. The second-order valence-corrected chi connectivity index (χ2v) is 9.81. The SMILES string of the molecule is CCS(=O)(=O)Nc1cc2c(C(=O)OC)c(C)n(S(=O)(=O)CC)c2cc1OC. The predicted octanol–water partition coefficient (Wildman–Crippen LogP) is 1.70. The standard InChI is InChI=1S/C16H22N2O7S2/c1-6-26(20,21)17-12-8-11-13(9-14(12)24-4)18(27(22,23)7-2)10(3)15(11)16(19)25-5/h8-9,17H,6-7H2,1-5H3. The van der Waals surface area contributed by atoms with Crippen LogP contribution >= 0.6 is 0 Å².